The maximum Gasteiger partial charge on any atom is 0.254 e. The van der Waals surface area contributed by atoms with Crippen LogP contribution in [0.3, 0.4) is 0 Å². The lowest BCUT2D eigenvalue weighted by Crippen LogP contribution is -2.37. The molecule has 156 valence electrons. The number of hydrogen-bond donors (Lipinski definition) is 0. The van der Waals surface area contributed by atoms with Gasteiger partial charge >= 0.3 is 0 Å². The second-order valence-electron chi connectivity index (χ2n) is 8.19. The Morgan fingerprint density at radius 3 is 2.50 bits per heavy atom. The molecule has 1 atom stereocenters. The van der Waals surface area contributed by atoms with Crippen molar-refractivity contribution in [1.82, 2.24) is 9.21 Å². The zero-order valence-electron chi connectivity index (χ0n) is 17.2. The van der Waals surface area contributed by atoms with Gasteiger partial charge in [-0.15, -0.1) is 0 Å². The molecule has 0 bridgehead atoms. The molecular formula is C21H32N2O4S. The molecule has 1 heterocycles. The van der Waals surface area contributed by atoms with Crippen molar-refractivity contribution in [3.63, 3.8) is 0 Å². The minimum Gasteiger partial charge on any atom is -0.495 e. The summed E-state index contributed by atoms with van der Waals surface area (Å²) in [6.07, 6.45) is 9.61. The van der Waals surface area contributed by atoms with E-state index in [2.05, 4.69) is 0 Å². The molecule has 3 rings (SSSR count). The van der Waals surface area contributed by atoms with E-state index in [1.54, 1.807) is 12.1 Å². The van der Waals surface area contributed by atoms with Crippen molar-refractivity contribution in [1.29, 1.82) is 0 Å². The lowest BCUT2D eigenvalue weighted by molar-refractivity contribution is 0.0711. The van der Waals surface area contributed by atoms with Gasteiger partial charge in [0.05, 0.1) is 7.11 Å². The monoisotopic (exact) mass is 408 g/mol. The summed E-state index contributed by atoms with van der Waals surface area (Å²) < 4.78 is 31.7. The Balaban J connectivity index is 1.83. The van der Waals surface area contributed by atoms with Gasteiger partial charge in [-0.1, -0.05) is 32.1 Å². The molecule has 1 amide bonds. The molecule has 2 aliphatic rings. The number of nitrogens with zero attached hydrogens (tertiary/aromatic N) is 2. The van der Waals surface area contributed by atoms with Gasteiger partial charge in [-0.25, -0.2) is 12.7 Å². The Morgan fingerprint density at radius 2 is 1.86 bits per heavy atom. The zero-order valence-corrected chi connectivity index (χ0v) is 18.0. The quantitative estimate of drug-likeness (QED) is 0.722. The van der Waals surface area contributed by atoms with Crippen molar-refractivity contribution in [2.45, 2.75) is 62.3 Å². The molecule has 1 aliphatic carbocycles. The number of likely N-dealkylation sites (tertiary alicyclic amines) is 1. The lowest BCUT2D eigenvalue weighted by atomic mass is 9.84. The van der Waals surface area contributed by atoms with Crippen LogP contribution in [0.4, 0.5) is 0 Å². The van der Waals surface area contributed by atoms with Gasteiger partial charge in [0.15, 0.2) is 0 Å². The first-order valence-electron chi connectivity index (χ1n) is 10.3. The van der Waals surface area contributed by atoms with Crippen molar-refractivity contribution in [3.05, 3.63) is 23.8 Å². The SMILES string of the molecule is COc1ccc(C(=O)N2CCCC2CC2CCCCC2)cc1S(=O)(=O)N(C)C. The Bertz CT molecular complexity index is 801. The van der Waals surface area contributed by atoms with E-state index in [4.69, 9.17) is 4.74 Å². The number of amides is 1. The predicted octanol–water partition coefficient (Wildman–Crippen LogP) is 3.52. The van der Waals surface area contributed by atoms with Crippen LogP contribution in [0.1, 0.15) is 61.7 Å². The highest BCUT2D eigenvalue weighted by Gasteiger charge is 2.33. The summed E-state index contributed by atoms with van der Waals surface area (Å²) in [6.45, 7) is 0.748. The van der Waals surface area contributed by atoms with Crippen LogP contribution in [0.15, 0.2) is 23.1 Å². The first-order valence-corrected chi connectivity index (χ1v) is 11.7. The molecule has 6 nitrogen and oxygen atoms in total. The Hall–Kier alpha value is -1.60. The Morgan fingerprint density at radius 1 is 1.14 bits per heavy atom. The van der Waals surface area contributed by atoms with Gasteiger partial charge in [-0.3, -0.25) is 4.79 Å². The Labute approximate surface area is 168 Å². The zero-order chi connectivity index (χ0) is 20.3. The van der Waals surface area contributed by atoms with Crippen molar-refractivity contribution >= 4 is 15.9 Å². The number of sulfonamides is 1. The van der Waals surface area contributed by atoms with E-state index in [0.717, 1.165) is 30.1 Å². The third-order valence-electron chi connectivity index (χ3n) is 6.14. The highest BCUT2D eigenvalue weighted by Crippen LogP contribution is 2.33. The summed E-state index contributed by atoms with van der Waals surface area (Å²) in [5, 5.41) is 0. The van der Waals surface area contributed by atoms with Gasteiger partial charge in [-0.05, 0) is 43.4 Å². The highest BCUT2D eigenvalue weighted by molar-refractivity contribution is 7.89. The first kappa shape index (κ1) is 21.1. The molecular weight excluding hydrogens is 376 g/mol. The Kier molecular flexibility index (Phi) is 6.65. The molecule has 7 heteroatoms. The van der Waals surface area contributed by atoms with E-state index < -0.39 is 10.0 Å². The normalized spacial score (nSPS) is 21.3. The van der Waals surface area contributed by atoms with E-state index in [-0.39, 0.29) is 22.6 Å². The fourth-order valence-corrected chi connectivity index (χ4v) is 5.60. The number of methoxy groups -OCH3 is 1. The first-order chi connectivity index (χ1) is 13.3. The number of hydrogen-bond acceptors (Lipinski definition) is 4. The molecule has 0 N–H and O–H groups in total. The summed E-state index contributed by atoms with van der Waals surface area (Å²) in [6, 6.07) is 4.99. The summed E-state index contributed by atoms with van der Waals surface area (Å²) >= 11 is 0. The van der Waals surface area contributed by atoms with E-state index in [1.807, 2.05) is 4.90 Å². The number of rotatable bonds is 6. The molecule has 2 fully saturated rings. The summed E-state index contributed by atoms with van der Waals surface area (Å²) in [4.78, 5) is 15.2. The minimum absolute atomic E-state index is 0.0360. The predicted molar refractivity (Wildman–Crippen MR) is 109 cm³/mol. The molecule has 1 saturated heterocycles. The van der Waals surface area contributed by atoms with Gasteiger partial charge in [-0.2, -0.15) is 0 Å². The molecule has 1 unspecified atom stereocenters. The molecule has 0 aromatic heterocycles. The van der Waals surface area contributed by atoms with Crippen molar-refractivity contribution in [3.8, 4) is 5.75 Å². The van der Waals surface area contributed by atoms with E-state index >= 15 is 0 Å². The maximum atomic E-state index is 13.2. The van der Waals surface area contributed by atoms with Crippen LogP contribution in [-0.2, 0) is 10.0 Å². The van der Waals surface area contributed by atoms with Crippen LogP contribution >= 0.6 is 0 Å². The molecule has 1 aromatic rings. The van der Waals surface area contributed by atoms with E-state index in [9.17, 15) is 13.2 Å². The fraction of sp³-hybridized carbons (Fsp3) is 0.667. The van der Waals surface area contributed by atoms with Crippen LogP contribution in [0.2, 0.25) is 0 Å². The molecule has 1 saturated carbocycles. The third kappa shape index (κ3) is 4.35. The van der Waals surface area contributed by atoms with Gasteiger partial charge in [0.2, 0.25) is 10.0 Å². The van der Waals surface area contributed by atoms with E-state index in [1.165, 1.54) is 59.4 Å². The summed E-state index contributed by atoms with van der Waals surface area (Å²) in [5.74, 6) is 0.897. The molecule has 28 heavy (non-hydrogen) atoms. The third-order valence-corrected chi connectivity index (χ3v) is 7.97. The topological polar surface area (TPSA) is 66.9 Å². The van der Waals surface area contributed by atoms with Crippen molar-refractivity contribution in [2.75, 3.05) is 27.7 Å². The molecule has 1 aromatic carbocycles. The van der Waals surface area contributed by atoms with Gasteiger partial charge < -0.3 is 9.64 Å². The maximum absolute atomic E-state index is 13.2. The summed E-state index contributed by atoms with van der Waals surface area (Å²) in [5.41, 5.74) is 0.414. The molecule has 0 spiro atoms. The fourth-order valence-electron chi connectivity index (χ4n) is 4.53. The minimum atomic E-state index is -3.70. The van der Waals surface area contributed by atoms with Gasteiger partial charge in [0.1, 0.15) is 10.6 Å². The van der Waals surface area contributed by atoms with Crippen LogP contribution in [-0.4, -0.2) is 57.3 Å². The van der Waals surface area contributed by atoms with Crippen molar-refractivity contribution < 1.29 is 17.9 Å². The summed E-state index contributed by atoms with van der Waals surface area (Å²) in [7, 11) is 0.691. The highest BCUT2D eigenvalue weighted by atomic mass is 32.2. The lowest BCUT2D eigenvalue weighted by Gasteiger charge is -2.30. The smallest absolute Gasteiger partial charge is 0.254 e. The second kappa shape index (κ2) is 8.82. The average molecular weight is 409 g/mol. The van der Waals surface area contributed by atoms with Crippen LogP contribution in [0.5, 0.6) is 5.75 Å². The molecule has 1 aliphatic heterocycles. The van der Waals surface area contributed by atoms with Gasteiger partial charge in [0, 0.05) is 32.2 Å². The van der Waals surface area contributed by atoms with Gasteiger partial charge in [0.25, 0.3) is 5.91 Å². The van der Waals surface area contributed by atoms with Crippen LogP contribution < -0.4 is 4.74 Å². The average Bonchev–Trinajstić information content (AvgIpc) is 3.15. The van der Waals surface area contributed by atoms with Crippen LogP contribution in [0.25, 0.3) is 0 Å². The number of carbonyl (C=O) groups is 1. The van der Waals surface area contributed by atoms with Crippen molar-refractivity contribution in [2.24, 2.45) is 5.92 Å². The number of benzene rings is 1. The van der Waals surface area contributed by atoms with E-state index in [0.29, 0.717) is 11.5 Å². The second-order valence-corrected chi connectivity index (χ2v) is 10.3. The van der Waals surface area contributed by atoms with Crippen LogP contribution in [0, 0.1) is 5.92 Å². The standard InChI is InChI=1S/C21H32N2O4S/c1-22(2)28(25,26)20-15-17(11-12-19(20)27-3)21(24)23-13-7-10-18(23)14-16-8-5-4-6-9-16/h11-12,15-16,18H,4-10,13-14H2,1-3H3. The number of ether oxygens (including phenoxy) is 1. The number of carbonyl (C=O) groups excluding carboxylic acids is 1. The molecule has 0 radical (unpaired) electrons. The largest absolute Gasteiger partial charge is 0.495 e.